The molecule has 0 fully saturated rings. The van der Waals surface area contributed by atoms with Crippen molar-refractivity contribution in [1.82, 2.24) is 9.55 Å². The average Bonchev–Trinajstić information content (AvgIpc) is 3.34. The van der Waals surface area contributed by atoms with E-state index in [9.17, 15) is 18.0 Å². The third kappa shape index (κ3) is 5.03. The molecule has 0 aliphatic rings. The molecule has 0 amide bonds. The number of carbonyl (C=O) groups is 1. The molecule has 2 aromatic carbocycles. The molecule has 1 atom stereocenters. The summed E-state index contributed by atoms with van der Waals surface area (Å²) in [5.74, 6) is -0.272. The number of aromatic nitrogens is 2. The zero-order chi connectivity index (χ0) is 23.8. The van der Waals surface area contributed by atoms with Gasteiger partial charge in [0.25, 0.3) is 0 Å². The van der Waals surface area contributed by atoms with Gasteiger partial charge in [0.05, 0.1) is 17.9 Å². The van der Waals surface area contributed by atoms with Crippen molar-refractivity contribution in [3.05, 3.63) is 70.9 Å². The lowest BCUT2D eigenvalue weighted by atomic mass is 10.1. The smallest absolute Gasteiger partial charge is 0.416 e. The highest BCUT2D eigenvalue weighted by molar-refractivity contribution is 7.15. The molecule has 0 saturated carbocycles. The number of benzene rings is 2. The summed E-state index contributed by atoms with van der Waals surface area (Å²) in [6.45, 7) is 4.19. The minimum atomic E-state index is -4.36. The second-order valence-corrected chi connectivity index (χ2v) is 9.01. The Morgan fingerprint density at radius 1 is 1.18 bits per heavy atom. The van der Waals surface area contributed by atoms with E-state index in [4.69, 9.17) is 9.84 Å². The van der Waals surface area contributed by atoms with E-state index >= 15 is 0 Å². The highest BCUT2D eigenvalue weighted by atomic mass is 32.1. The molecule has 4 aromatic rings. The van der Waals surface area contributed by atoms with Crippen LogP contribution in [0.2, 0.25) is 0 Å². The van der Waals surface area contributed by atoms with Crippen LogP contribution >= 0.6 is 11.3 Å². The maximum Gasteiger partial charge on any atom is 0.416 e. The standard InChI is InChI=1S/C24H21F3N2O3S/c1-14(13-32-19-7-8-20-17(11-19)9-10-29(20)12-21(30)31)22-15(2)33-23(28-22)16-3-5-18(6-4-16)24(25,26)27/h3-11,14H,12-13H2,1-2H3,(H,30,31). The van der Waals surface area contributed by atoms with Crippen molar-refractivity contribution in [2.45, 2.75) is 32.5 Å². The molecule has 5 nitrogen and oxygen atoms in total. The normalized spacial score (nSPS) is 12.8. The van der Waals surface area contributed by atoms with Gasteiger partial charge < -0.3 is 14.4 Å². The molecule has 1 N–H and O–H groups in total. The zero-order valence-electron chi connectivity index (χ0n) is 17.9. The van der Waals surface area contributed by atoms with Crippen LogP contribution in [0.15, 0.2) is 54.7 Å². The lowest BCUT2D eigenvalue weighted by Crippen LogP contribution is -2.09. The number of fused-ring (bicyclic) bond motifs is 1. The van der Waals surface area contributed by atoms with Crippen LogP contribution < -0.4 is 4.74 Å². The van der Waals surface area contributed by atoms with E-state index in [1.807, 2.05) is 32.0 Å². The second kappa shape index (κ2) is 8.90. The molecule has 0 saturated heterocycles. The summed E-state index contributed by atoms with van der Waals surface area (Å²) in [5.41, 5.74) is 1.63. The van der Waals surface area contributed by atoms with Gasteiger partial charge in [0.15, 0.2) is 0 Å². The number of ether oxygens (including phenoxy) is 1. The van der Waals surface area contributed by atoms with Gasteiger partial charge in [-0.3, -0.25) is 4.79 Å². The van der Waals surface area contributed by atoms with Crippen LogP contribution in [0.3, 0.4) is 0 Å². The van der Waals surface area contributed by atoms with E-state index in [0.29, 0.717) is 22.9 Å². The molecule has 2 heterocycles. The summed E-state index contributed by atoms with van der Waals surface area (Å²) >= 11 is 1.44. The van der Waals surface area contributed by atoms with Gasteiger partial charge in [0.1, 0.15) is 17.3 Å². The lowest BCUT2D eigenvalue weighted by molar-refractivity contribution is -0.138. The van der Waals surface area contributed by atoms with Crippen molar-refractivity contribution in [3.63, 3.8) is 0 Å². The van der Waals surface area contributed by atoms with E-state index in [-0.39, 0.29) is 12.5 Å². The molecule has 0 spiro atoms. The average molecular weight is 475 g/mol. The number of nitrogens with zero attached hydrogens (tertiary/aromatic N) is 2. The largest absolute Gasteiger partial charge is 0.493 e. The van der Waals surface area contributed by atoms with Crippen LogP contribution in [0.5, 0.6) is 5.75 Å². The Labute approximate surface area is 192 Å². The minimum absolute atomic E-state index is 0.0308. The number of hydrogen-bond acceptors (Lipinski definition) is 4. The number of rotatable bonds is 7. The van der Waals surface area contributed by atoms with Crippen LogP contribution in [0.4, 0.5) is 13.2 Å². The summed E-state index contributed by atoms with van der Waals surface area (Å²) in [7, 11) is 0. The van der Waals surface area contributed by atoms with Crippen LogP contribution in [0.1, 0.15) is 29.0 Å². The van der Waals surface area contributed by atoms with Gasteiger partial charge in [-0.1, -0.05) is 19.1 Å². The fraction of sp³-hybridized carbons (Fsp3) is 0.250. The van der Waals surface area contributed by atoms with Crippen molar-refractivity contribution in [3.8, 4) is 16.3 Å². The molecule has 0 radical (unpaired) electrons. The van der Waals surface area contributed by atoms with Gasteiger partial charge in [0, 0.05) is 33.5 Å². The van der Waals surface area contributed by atoms with Gasteiger partial charge in [-0.2, -0.15) is 13.2 Å². The molecule has 0 aliphatic heterocycles. The van der Waals surface area contributed by atoms with Crippen molar-refractivity contribution < 1.29 is 27.8 Å². The van der Waals surface area contributed by atoms with E-state index in [1.54, 1.807) is 16.8 Å². The van der Waals surface area contributed by atoms with Crippen LogP contribution in [-0.4, -0.2) is 27.2 Å². The number of halogens is 3. The van der Waals surface area contributed by atoms with Crippen LogP contribution in [0, 0.1) is 6.92 Å². The van der Waals surface area contributed by atoms with Gasteiger partial charge in [-0.05, 0) is 43.3 Å². The Morgan fingerprint density at radius 3 is 2.58 bits per heavy atom. The van der Waals surface area contributed by atoms with Gasteiger partial charge in [-0.15, -0.1) is 11.3 Å². The highest BCUT2D eigenvalue weighted by Crippen LogP contribution is 2.34. The number of hydrogen-bond donors (Lipinski definition) is 1. The molecule has 4 rings (SSSR count). The SMILES string of the molecule is Cc1sc(-c2ccc(C(F)(F)F)cc2)nc1C(C)COc1ccc2c(ccn2CC(=O)O)c1. The van der Waals surface area contributed by atoms with E-state index in [0.717, 1.165) is 33.6 Å². The van der Waals surface area contributed by atoms with Crippen LogP contribution in [0.25, 0.3) is 21.5 Å². The third-order valence-corrected chi connectivity index (χ3v) is 6.34. The predicted molar refractivity (Wildman–Crippen MR) is 121 cm³/mol. The van der Waals surface area contributed by atoms with Crippen molar-refractivity contribution >= 4 is 28.2 Å². The Balaban J connectivity index is 1.45. The summed E-state index contributed by atoms with van der Waals surface area (Å²) in [5, 5.41) is 10.6. The predicted octanol–water partition coefficient (Wildman–Crippen LogP) is 6.36. The molecule has 172 valence electrons. The van der Waals surface area contributed by atoms with Crippen LogP contribution in [-0.2, 0) is 17.5 Å². The number of carboxylic acids is 1. The van der Waals surface area contributed by atoms with Crippen molar-refractivity contribution in [2.24, 2.45) is 0 Å². The van der Waals surface area contributed by atoms with Crippen molar-refractivity contribution in [2.75, 3.05) is 6.61 Å². The summed E-state index contributed by atoms with van der Waals surface area (Å²) in [6, 6.07) is 12.4. The fourth-order valence-electron chi connectivity index (χ4n) is 3.64. The summed E-state index contributed by atoms with van der Waals surface area (Å²) in [4.78, 5) is 16.6. The molecular weight excluding hydrogens is 453 g/mol. The molecular formula is C24H21F3N2O3S. The van der Waals surface area contributed by atoms with E-state index in [1.165, 1.54) is 23.5 Å². The maximum atomic E-state index is 12.8. The lowest BCUT2D eigenvalue weighted by Gasteiger charge is -2.12. The topological polar surface area (TPSA) is 64.4 Å². The minimum Gasteiger partial charge on any atom is -0.493 e. The first-order chi connectivity index (χ1) is 15.6. The quantitative estimate of drug-likeness (QED) is 0.339. The number of aryl methyl sites for hydroxylation is 1. The number of aliphatic carboxylic acids is 1. The van der Waals surface area contributed by atoms with E-state index < -0.39 is 17.7 Å². The Kier molecular flexibility index (Phi) is 6.16. The first-order valence-electron chi connectivity index (χ1n) is 10.2. The Hall–Kier alpha value is -3.33. The fourth-order valence-corrected chi connectivity index (χ4v) is 4.68. The van der Waals surface area contributed by atoms with Gasteiger partial charge in [-0.25, -0.2) is 4.98 Å². The first kappa shape index (κ1) is 22.8. The summed E-state index contributed by atoms with van der Waals surface area (Å²) in [6.07, 6.45) is -2.64. The first-order valence-corrected chi connectivity index (χ1v) is 11.0. The molecule has 0 aliphatic carbocycles. The van der Waals surface area contributed by atoms with Crippen molar-refractivity contribution in [1.29, 1.82) is 0 Å². The Bertz CT molecular complexity index is 1290. The molecule has 2 aromatic heterocycles. The zero-order valence-corrected chi connectivity index (χ0v) is 18.7. The third-order valence-electron chi connectivity index (χ3n) is 5.31. The number of carboxylic acid groups (broad SMARTS) is 1. The maximum absolute atomic E-state index is 12.8. The molecule has 9 heteroatoms. The van der Waals surface area contributed by atoms with Gasteiger partial charge in [0.2, 0.25) is 0 Å². The second-order valence-electron chi connectivity index (χ2n) is 7.81. The highest BCUT2D eigenvalue weighted by Gasteiger charge is 2.30. The molecule has 0 bridgehead atoms. The Morgan fingerprint density at radius 2 is 1.91 bits per heavy atom. The van der Waals surface area contributed by atoms with Gasteiger partial charge >= 0.3 is 12.1 Å². The monoisotopic (exact) mass is 474 g/mol. The number of thiazole rings is 1. The number of alkyl halides is 3. The summed E-state index contributed by atoms with van der Waals surface area (Å²) < 4.78 is 46.0. The molecule has 33 heavy (non-hydrogen) atoms. The van der Waals surface area contributed by atoms with E-state index in [2.05, 4.69) is 4.98 Å². The molecule has 1 unspecified atom stereocenters.